The Morgan fingerprint density at radius 2 is 1.68 bits per heavy atom. The first-order valence-corrected chi connectivity index (χ1v) is 5.88. The Labute approximate surface area is 109 Å². The number of halogens is 5. The molecule has 0 atom stereocenters. The van der Waals surface area contributed by atoms with Gasteiger partial charge in [0, 0.05) is 24.2 Å². The van der Waals surface area contributed by atoms with E-state index in [1.807, 2.05) is 0 Å². The zero-order chi connectivity index (χ0) is 14.2. The molecule has 1 aromatic heterocycles. The summed E-state index contributed by atoms with van der Waals surface area (Å²) in [6.07, 6.45) is -4.54. The summed E-state index contributed by atoms with van der Waals surface area (Å²) in [6.45, 7) is 0. The summed E-state index contributed by atoms with van der Waals surface area (Å²) in [5.74, 6) is -1.62. The molecule has 0 aliphatic rings. The summed E-state index contributed by atoms with van der Waals surface area (Å²) < 4.78 is 63.3. The van der Waals surface area contributed by atoms with Gasteiger partial charge in [0.1, 0.15) is 11.6 Å². The van der Waals surface area contributed by atoms with Gasteiger partial charge in [0.15, 0.2) is 10.8 Å². The van der Waals surface area contributed by atoms with Crippen molar-refractivity contribution in [2.75, 3.05) is 11.9 Å². The lowest BCUT2D eigenvalue weighted by atomic mass is 10.3. The zero-order valence-electron chi connectivity index (χ0n) is 9.50. The molecule has 1 heterocycles. The van der Waals surface area contributed by atoms with Crippen LogP contribution >= 0.6 is 11.3 Å². The molecule has 0 aliphatic heterocycles. The van der Waals surface area contributed by atoms with Gasteiger partial charge in [-0.3, -0.25) is 0 Å². The van der Waals surface area contributed by atoms with Gasteiger partial charge in [-0.2, -0.15) is 13.2 Å². The number of anilines is 2. The van der Waals surface area contributed by atoms with E-state index in [4.69, 9.17) is 0 Å². The summed E-state index contributed by atoms with van der Waals surface area (Å²) in [5, 5.41) is 0.846. The average Bonchev–Trinajstić information content (AvgIpc) is 2.75. The molecule has 2 rings (SSSR count). The topological polar surface area (TPSA) is 16.1 Å². The molecule has 2 nitrogen and oxygen atoms in total. The molecule has 19 heavy (non-hydrogen) atoms. The van der Waals surface area contributed by atoms with E-state index in [1.165, 1.54) is 11.9 Å². The van der Waals surface area contributed by atoms with Crippen molar-refractivity contribution in [3.8, 4) is 0 Å². The maximum atomic E-state index is 13.0. The number of benzene rings is 1. The van der Waals surface area contributed by atoms with Crippen LogP contribution in [0.1, 0.15) is 5.69 Å². The molecule has 0 amide bonds. The number of hydrogen-bond donors (Lipinski definition) is 0. The second-order valence-electron chi connectivity index (χ2n) is 3.70. The monoisotopic (exact) mass is 294 g/mol. The molecule has 102 valence electrons. The molecule has 2 aromatic rings. The Morgan fingerprint density at radius 1 is 1.11 bits per heavy atom. The van der Waals surface area contributed by atoms with Gasteiger partial charge in [-0.25, -0.2) is 13.8 Å². The number of hydrogen-bond acceptors (Lipinski definition) is 3. The number of rotatable bonds is 2. The zero-order valence-corrected chi connectivity index (χ0v) is 10.3. The van der Waals surface area contributed by atoms with Crippen molar-refractivity contribution in [2.45, 2.75) is 6.18 Å². The van der Waals surface area contributed by atoms with Crippen LogP contribution in [0.2, 0.25) is 0 Å². The van der Waals surface area contributed by atoms with E-state index in [2.05, 4.69) is 4.98 Å². The lowest BCUT2D eigenvalue weighted by Crippen LogP contribution is -2.11. The van der Waals surface area contributed by atoms with E-state index in [1.54, 1.807) is 0 Å². The van der Waals surface area contributed by atoms with Crippen molar-refractivity contribution >= 4 is 22.2 Å². The fraction of sp³-hybridized carbons (Fsp3) is 0.182. The molecule has 0 radical (unpaired) electrons. The van der Waals surface area contributed by atoms with Crippen molar-refractivity contribution in [3.05, 3.63) is 40.9 Å². The van der Waals surface area contributed by atoms with Crippen LogP contribution in [0.4, 0.5) is 32.8 Å². The highest BCUT2D eigenvalue weighted by Crippen LogP contribution is 2.34. The highest BCUT2D eigenvalue weighted by atomic mass is 32.1. The first kappa shape index (κ1) is 13.7. The maximum absolute atomic E-state index is 13.0. The second kappa shape index (κ2) is 4.76. The molecule has 0 unspecified atom stereocenters. The van der Waals surface area contributed by atoms with Crippen LogP contribution in [0.3, 0.4) is 0 Å². The highest BCUT2D eigenvalue weighted by Gasteiger charge is 2.34. The third-order valence-corrected chi connectivity index (χ3v) is 3.22. The first-order valence-electron chi connectivity index (χ1n) is 5.00. The normalized spacial score (nSPS) is 11.7. The summed E-state index contributed by atoms with van der Waals surface area (Å²) >= 11 is 0.741. The molecular formula is C11H7F5N2S. The molecular weight excluding hydrogens is 287 g/mol. The van der Waals surface area contributed by atoms with Crippen molar-refractivity contribution in [2.24, 2.45) is 0 Å². The van der Waals surface area contributed by atoms with Gasteiger partial charge >= 0.3 is 6.18 Å². The number of thiazole rings is 1. The van der Waals surface area contributed by atoms with E-state index in [0.29, 0.717) is 6.07 Å². The molecule has 0 aliphatic carbocycles. The van der Waals surface area contributed by atoms with E-state index in [-0.39, 0.29) is 10.8 Å². The summed E-state index contributed by atoms with van der Waals surface area (Å²) in [6, 6.07) is 2.70. The van der Waals surface area contributed by atoms with Gasteiger partial charge < -0.3 is 4.90 Å². The van der Waals surface area contributed by atoms with Crippen LogP contribution in [0.15, 0.2) is 23.6 Å². The minimum absolute atomic E-state index is 0.00248. The molecule has 0 spiro atoms. The SMILES string of the molecule is CN(c1cc(F)cc(F)c1)c1nc(C(F)(F)F)cs1. The Kier molecular flexibility index (Phi) is 3.44. The Morgan fingerprint density at radius 3 is 2.16 bits per heavy atom. The minimum atomic E-state index is -4.54. The first-order chi connectivity index (χ1) is 8.77. The van der Waals surface area contributed by atoms with Crippen LogP contribution in [0.5, 0.6) is 0 Å². The summed E-state index contributed by atoms with van der Waals surface area (Å²) in [5.41, 5.74) is -0.947. The fourth-order valence-electron chi connectivity index (χ4n) is 1.39. The molecule has 0 fully saturated rings. The standard InChI is InChI=1S/C11H7F5N2S/c1-18(8-3-6(12)2-7(13)4-8)10-17-9(5-19-10)11(14,15)16/h2-5H,1H3. The molecule has 0 bridgehead atoms. The van der Waals surface area contributed by atoms with Crippen LogP contribution in [-0.4, -0.2) is 12.0 Å². The quantitative estimate of drug-likeness (QED) is 0.771. The predicted octanol–water partition coefficient (Wildman–Crippen LogP) is 4.21. The van der Waals surface area contributed by atoms with Gasteiger partial charge in [-0.1, -0.05) is 0 Å². The summed E-state index contributed by atoms with van der Waals surface area (Å²) in [4.78, 5) is 4.58. The molecule has 1 aromatic carbocycles. The van der Waals surface area contributed by atoms with Crippen LogP contribution < -0.4 is 4.90 Å². The summed E-state index contributed by atoms with van der Waals surface area (Å²) in [7, 11) is 1.38. The molecule has 8 heteroatoms. The third kappa shape index (κ3) is 3.01. The van der Waals surface area contributed by atoms with E-state index in [9.17, 15) is 22.0 Å². The minimum Gasteiger partial charge on any atom is -0.321 e. The average molecular weight is 294 g/mol. The van der Waals surface area contributed by atoms with Crippen molar-refractivity contribution in [1.29, 1.82) is 0 Å². The smallest absolute Gasteiger partial charge is 0.321 e. The molecule has 0 saturated heterocycles. The van der Waals surface area contributed by atoms with Gasteiger partial charge in [0.2, 0.25) is 0 Å². The number of nitrogens with zero attached hydrogens (tertiary/aromatic N) is 2. The van der Waals surface area contributed by atoms with E-state index >= 15 is 0 Å². The van der Waals surface area contributed by atoms with Gasteiger partial charge in [-0.05, 0) is 12.1 Å². The number of alkyl halides is 3. The molecule has 0 N–H and O–H groups in total. The largest absolute Gasteiger partial charge is 0.434 e. The van der Waals surface area contributed by atoms with E-state index < -0.39 is 23.5 Å². The van der Waals surface area contributed by atoms with E-state index in [0.717, 1.165) is 28.8 Å². The lowest BCUT2D eigenvalue weighted by molar-refractivity contribution is -0.140. The van der Waals surface area contributed by atoms with Gasteiger partial charge in [0.25, 0.3) is 0 Å². The fourth-order valence-corrected chi connectivity index (χ4v) is 2.21. The van der Waals surface area contributed by atoms with Crippen LogP contribution in [0.25, 0.3) is 0 Å². The van der Waals surface area contributed by atoms with Crippen LogP contribution in [-0.2, 0) is 6.18 Å². The maximum Gasteiger partial charge on any atom is 0.434 e. The Hall–Kier alpha value is -1.70. The van der Waals surface area contributed by atoms with Gasteiger partial charge in [0.05, 0.1) is 0 Å². The molecule has 0 saturated carbocycles. The third-order valence-electron chi connectivity index (χ3n) is 2.30. The number of aromatic nitrogens is 1. The van der Waals surface area contributed by atoms with Crippen molar-refractivity contribution in [1.82, 2.24) is 4.98 Å². The second-order valence-corrected chi connectivity index (χ2v) is 4.54. The van der Waals surface area contributed by atoms with Crippen molar-refractivity contribution < 1.29 is 22.0 Å². The Balaban J connectivity index is 2.33. The van der Waals surface area contributed by atoms with Crippen LogP contribution in [0, 0.1) is 11.6 Å². The lowest BCUT2D eigenvalue weighted by Gasteiger charge is -2.16. The van der Waals surface area contributed by atoms with Crippen molar-refractivity contribution in [3.63, 3.8) is 0 Å². The predicted molar refractivity (Wildman–Crippen MR) is 61.5 cm³/mol. The Bertz CT molecular complexity index is 573. The highest BCUT2D eigenvalue weighted by molar-refractivity contribution is 7.13. The van der Waals surface area contributed by atoms with Gasteiger partial charge in [-0.15, -0.1) is 11.3 Å².